The van der Waals surface area contributed by atoms with Crippen LogP contribution >= 0.6 is 0 Å². The van der Waals surface area contributed by atoms with E-state index in [-0.39, 0.29) is 0 Å². The second kappa shape index (κ2) is 12.4. The van der Waals surface area contributed by atoms with Gasteiger partial charge in [0.05, 0.1) is 0 Å². The number of allylic oxidation sites excluding steroid dienone is 4. The minimum Gasteiger partial charge on any atom is -0.298 e. The molecule has 33 heavy (non-hydrogen) atoms. The van der Waals surface area contributed by atoms with E-state index < -0.39 is 0 Å². The molecule has 1 aliphatic heterocycles. The van der Waals surface area contributed by atoms with Gasteiger partial charge in [0, 0.05) is 5.54 Å². The largest absolute Gasteiger partial charge is 0.298 e. The number of rotatable bonds is 0. The lowest BCUT2D eigenvalue weighted by atomic mass is 9.72. The molecular weight excluding hydrogens is 398 g/mol. The molecule has 3 rings (SSSR count). The summed E-state index contributed by atoms with van der Waals surface area (Å²) >= 11 is 0. The Labute approximate surface area is 209 Å². The highest BCUT2D eigenvalue weighted by atomic mass is 15.2. The van der Waals surface area contributed by atoms with E-state index >= 15 is 0 Å². The third-order valence-electron chi connectivity index (χ3n) is 7.92. The molecule has 3 aliphatic rings. The Kier molecular flexibility index (Phi) is 11.5. The Bertz CT molecular complexity index is 619. The molecule has 0 atom stereocenters. The van der Waals surface area contributed by atoms with Gasteiger partial charge in [-0.3, -0.25) is 4.90 Å². The van der Waals surface area contributed by atoms with Crippen LogP contribution in [0.3, 0.4) is 0 Å². The van der Waals surface area contributed by atoms with E-state index in [2.05, 4.69) is 100 Å². The van der Waals surface area contributed by atoms with E-state index in [1.54, 1.807) is 11.1 Å². The molecule has 0 amide bonds. The van der Waals surface area contributed by atoms with E-state index in [4.69, 9.17) is 0 Å². The summed E-state index contributed by atoms with van der Waals surface area (Å²) in [5.41, 5.74) is 5.09. The van der Waals surface area contributed by atoms with E-state index in [0.29, 0.717) is 21.8 Å². The zero-order chi connectivity index (χ0) is 25.5. The number of likely N-dealkylation sites (tertiary alicyclic amines) is 1. The van der Waals surface area contributed by atoms with Crippen LogP contribution in [0, 0.1) is 22.2 Å². The summed E-state index contributed by atoms with van der Waals surface area (Å²) in [5, 5.41) is 0. The van der Waals surface area contributed by atoms with Crippen LogP contribution in [0.15, 0.2) is 23.3 Å². The molecule has 0 aromatic carbocycles. The van der Waals surface area contributed by atoms with E-state index in [1.165, 1.54) is 70.9 Å². The Morgan fingerprint density at radius 3 is 1.61 bits per heavy atom. The SMILES string of the molecule is CC(C)(C)C1=CCCCC1.CC1(C)CC=C(C(C)(C)C)CC1.CC1CCN(C(C)(C)C)CC1. The maximum absolute atomic E-state index is 2.59. The van der Waals surface area contributed by atoms with Gasteiger partial charge in [0.25, 0.3) is 0 Å². The molecule has 1 nitrogen and oxygen atoms in total. The van der Waals surface area contributed by atoms with Gasteiger partial charge in [0.15, 0.2) is 0 Å². The monoisotopic (exact) mass is 459 g/mol. The molecular formula is C32H61N. The normalized spacial score (nSPS) is 22.8. The minimum absolute atomic E-state index is 0.389. The lowest BCUT2D eigenvalue weighted by Gasteiger charge is -2.40. The van der Waals surface area contributed by atoms with Gasteiger partial charge in [-0.25, -0.2) is 0 Å². The van der Waals surface area contributed by atoms with Gasteiger partial charge in [-0.05, 0) is 114 Å². The van der Waals surface area contributed by atoms with Crippen molar-refractivity contribution in [2.45, 2.75) is 146 Å². The number of hydrogen-bond acceptors (Lipinski definition) is 1. The van der Waals surface area contributed by atoms with Gasteiger partial charge in [-0.2, -0.15) is 0 Å². The first-order chi connectivity index (χ1) is 14.9. The molecule has 1 saturated heterocycles. The van der Waals surface area contributed by atoms with Gasteiger partial charge in [0.1, 0.15) is 0 Å². The first kappa shape index (κ1) is 30.5. The molecule has 0 bridgehead atoms. The van der Waals surface area contributed by atoms with Gasteiger partial charge in [-0.15, -0.1) is 0 Å². The highest BCUT2D eigenvalue weighted by Gasteiger charge is 2.26. The second-order valence-corrected chi connectivity index (χ2v) is 14.9. The smallest absolute Gasteiger partial charge is 0.0125 e. The van der Waals surface area contributed by atoms with Crippen LogP contribution in [-0.2, 0) is 0 Å². The Balaban J connectivity index is 0.000000249. The summed E-state index contributed by atoms with van der Waals surface area (Å²) in [5.74, 6) is 0.952. The molecule has 2 aliphatic carbocycles. The van der Waals surface area contributed by atoms with Crippen molar-refractivity contribution in [1.29, 1.82) is 0 Å². The topological polar surface area (TPSA) is 3.24 Å². The van der Waals surface area contributed by atoms with Crippen LogP contribution in [0.25, 0.3) is 0 Å². The fraction of sp³-hybridized carbons (Fsp3) is 0.875. The van der Waals surface area contributed by atoms with Crippen molar-refractivity contribution < 1.29 is 0 Å². The van der Waals surface area contributed by atoms with Gasteiger partial charge >= 0.3 is 0 Å². The molecule has 0 N–H and O–H groups in total. The fourth-order valence-electron chi connectivity index (χ4n) is 4.96. The molecule has 1 fully saturated rings. The maximum atomic E-state index is 2.59. The number of piperidine rings is 1. The van der Waals surface area contributed by atoms with Gasteiger partial charge in [-0.1, -0.05) is 85.6 Å². The average molecular weight is 460 g/mol. The molecule has 1 heterocycles. The van der Waals surface area contributed by atoms with Crippen molar-refractivity contribution in [3.05, 3.63) is 23.3 Å². The van der Waals surface area contributed by atoms with Crippen LogP contribution < -0.4 is 0 Å². The van der Waals surface area contributed by atoms with Crippen molar-refractivity contribution in [3.63, 3.8) is 0 Å². The molecule has 0 aromatic rings. The molecule has 1 heteroatoms. The average Bonchev–Trinajstić information content (AvgIpc) is 2.67. The summed E-state index contributed by atoms with van der Waals surface area (Å²) < 4.78 is 0. The summed E-state index contributed by atoms with van der Waals surface area (Å²) in [6, 6.07) is 0. The highest BCUT2D eigenvalue weighted by Crippen LogP contribution is 2.40. The van der Waals surface area contributed by atoms with Crippen LogP contribution in [0.1, 0.15) is 141 Å². The summed E-state index contributed by atoms with van der Waals surface area (Å²) in [4.78, 5) is 2.59. The summed E-state index contributed by atoms with van der Waals surface area (Å²) in [7, 11) is 0. The first-order valence-electron chi connectivity index (χ1n) is 14.1. The van der Waals surface area contributed by atoms with Crippen molar-refractivity contribution in [1.82, 2.24) is 4.90 Å². The number of hydrogen-bond donors (Lipinski definition) is 0. The Morgan fingerprint density at radius 1 is 0.758 bits per heavy atom. The van der Waals surface area contributed by atoms with Crippen molar-refractivity contribution in [2.75, 3.05) is 13.1 Å². The molecule has 0 unspecified atom stereocenters. The van der Waals surface area contributed by atoms with Crippen LogP contribution in [0.5, 0.6) is 0 Å². The van der Waals surface area contributed by atoms with Crippen LogP contribution in [0.2, 0.25) is 0 Å². The summed E-state index contributed by atoms with van der Waals surface area (Å²) in [6.45, 7) is 30.5. The fourth-order valence-corrected chi connectivity index (χ4v) is 4.96. The third kappa shape index (κ3) is 12.1. The molecule has 0 aromatic heterocycles. The van der Waals surface area contributed by atoms with E-state index in [1.807, 2.05) is 0 Å². The summed E-state index contributed by atoms with van der Waals surface area (Å²) in [6.07, 6.45) is 17.0. The minimum atomic E-state index is 0.389. The zero-order valence-corrected chi connectivity index (χ0v) is 25.0. The van der Waals surface area contributed by atoms with E-state index in [9.17, 15) is 0 Å². The lowest BCUT2D eigenvalue weighted by Crippen LogP contribution is -2.45. The second-order valence-electron chi connectivity index (χ2n) is 14.9. The van der Waals surface area contributed by atoms with Crippen molar-refractivity contribution in [2.24, 2.45) is 22.2 Å². The van der Waals surface area contributed by atoms with Crippen molar-refractivity contribution in [3.8, 4) is 0 Å². The van der Waals surface area contributed by atoms with Crippen molar-refractivity contribution >= 4 is 0 Å². The Hall–Kier alpha value is -0.560. The standard InChI is InChI=1S/C12H22.C10H21N.C10H18/c1-11(2,3)10-6-8-12(4,5)9-7-10;1-9-5-7-11(8-6-9)10(2,3)4;1-10(2,3)9-7-5-4-6-8-9/h6H,7-9H2,1-5H3;9H,5-8H2,1-4H3;7H,4-6,8H2,1-3H3. The maximum Gasteiger partial charge on any atom is 0.0125 e. The third-order valence-corrected chi connectivity index (χ3v) is 7.92. The molecule has 194 valence electrons. The van der Waals surface area contributed by atoms with Gasteiger partial charge in [0.2, 0.25) is 0 Å². The Morgan fingerprint density at radius 2 is 1.27 bits per heavy atom. The number of nitrogens with zero attached hydrogens (tertiary/aromatic N) is 1. The molecule has 0 radical (unpaired) electrons. The first-order valence-corrected chi connectivity index (χ1v) is 14.1. The molecule has 0 spiro atoms. The quantitative estimate of drug-likeness (QED) is 0.326. The zero-order valence-electron chi connectivity index (χ0n) is 25.0. The van der Waals surface area contributed by atoms with Crippen LogP contribution in [0.4, 0.5) is 0 Å². The predicted octanol–water partition coefficient (Wildman–Crippen LogP) is 10.2. The highest BCUT2D eigenvalue weighted by molar-refractivity contribution is 5.15. The van der Waals surface area contributed by atoms with Gasteiger partial charge < -0.3 is 0 Å². The predicted molar refractivity (Wildman–Crippen MR) is 151 cm³/mol. The molecule has 0 saturated carbocycles. The van der Waals surface area contributed by atoms with Crippen LogP contribution in [-0.4, -0.2) is 23.5 Å². The lowest BCUT2D eigenvalue weighted by molar-refractivity contribution is 0.0916. The van der Waals surface area contributed by atoms with E-state index in [0.717, 1.165) is 5.92 Å².